The number of nitrogens with zero attached hydrogens (tertiary/aromatic N) is 1. The lowest BCUT2D eigenvalue weighted by Gasteiger charge is -2.20. The Morgan fingerprint density at radius 2 is 2.24 bits per heavy atom. The summed E-state index contributed by atoms with van der Waals surface area (Å²) in [5.41, 5.74) is 3.52. The molecule has 1 amide bonds. The monoisotopic (exact) mass is 250 g/mol. The van der Waals surface area contributed by atoms with E-state index in [-0.39, 0.29) is 5.91 Å². The molecule has 1 N–H and O–H groups in total. The predicted molar refractivity (Wildman–Crippen MR) is 73.6 cm³/mol. The minimum atomic E-state index is 0.123. The number of fused-ring (bicyclic) bond motifs is 1. The average Bonchev–Trinajstić information content (AvgIpc) is 2.29. The minimum absolute atomic E-state index is 0.123. The molecule has 3 nitrogen and oxygen atoms in total. The van der Waals surface area contributed by atoms with E-state index in [0.29, 0.717) is 6.42 Å². The number of hydrogen-bond acceptors (Lipinski definition) is 3. The Kier molecular flexibility index (Phi) is 4.07. The van der Waals surface area contributed by atoms with Crippen molar-refractivity contribution in [1.29, 1.82) is 0 Å². The second kappa shape index (κ2) is 5.56. The van der Waals surface area contributed by atoms with E-state index in [1.807, 2.05) is 6.07 Å². The first-order valence-electron chi connectivity index (χ1n) is 5.90. The van der Waals surface area contributed by atoms with Crippen LogP contribution in [0, 0.1) is 0 Å². The molecular weight excluding hydrogens is 232 g/mol. The Labute approximate surface area is 108 Å². The number of aryl methyl sites for hydroxylation is 1. The molecule has 0 fully saturated rings. The molecule has 92 valence electrons. The van der Waals surface area contributed by atoms with Gasteiger partial charge in [-0.05, 0) is 30.7 Å². The maximum Gasteiger partial charge on any atom is 0.224 e. The van der Waals surface area contributed by atoms with Gasteiger partial charge >= 0.3 is 0 Å². The van der Waals surface area contributed by atoms with Crippen LogP contribution >= 0.6 is 12.6 Å². The number of amides is 1. The van der Waals surface area contributed by atoms with Crippen molar-refractivity contribution in [3.63, 3.8) is 0 Å². The summed E-state index contributed by atoms with van der Waals surface area (Å²) in [6, 6.07) is 6.29. The smallest absolute Gasteiger partial charge is 0.224 e. The molecule has 1 heterocycles. The zero-order valence-corrected chi connectivity index (χ0v) is 11.0. The fourth-order valence-corrected chi connectivity index (χ4v) is 2.44. The molecule has 17 heavy (non-hydrogen) atoms. The highest BCUT2D eigenvalue weighted by Gasteiger charge is 2.14. The van der Waals surface area contributed by atoms with Gasteiger partial charge in [-0.3, -0.25) is 4.79 Å². The van der Waals surface area contributed by atoms with Crippen LogP contribution in [-0.2, 0) is 17.8 Å². The van der Waals surface area contributed by atoms with Gasteiger partial charge in [0.1, 0.15) is 0 Å². The number of anilines is 1. The number of benzene rings is 1. The van der Waals surface area contributed by atoms with Crippen molar-refractivity contribution in [2.75, 3.05) is 24.7 Å². The summed E-state index contributed by atoms with van der Waals surface area (Å²) >= 11 is 4.23. The second-order valence-electron chi connectivity index (χ2n) is 4.50. The molecule has 0 aromatic heterocycles. The van der Waals surface area contributed by atoms with Crippen LogP contribution in [0.25, 0.3) is 0 Å². The van der Waals surface area contributed by atoms with Crippen molar-refractivity contribution in [2.45, 2.75) is 19.4 Å². The molecule has 1 aromatic rings. The van der Waals surface area contributed by atoms with Crippen LogP contribution in [0.2, 0.25) is 0 Å². The van der Waals surface area contributed by atoms with Gasteiger partial charge in [-0.1, -0.05) is 12.1 Å². The molecule has 2 rings (SSSR count). The van der Waals surface area contributed by atoms with E-state index in [2.05, 4.69) is 42.0 Å². The summed E-state index contributed by atoms with van der Waals surface area (Å²) in [6.45, 7) is 1.92. The van der Waals surface area contributed by atoms with Crippen LogP contribution in [0.4, 0.5) is 5.69 Å². The first-order chi connectivity index (χ1) is 8.19. The molecule has 0 unspecified atom stereocenters. The zero-order valence-electron chi connectivity index (χ0n) is 10.1. The predicted octanol–water partition coefficient (Wildman–Crippen LogP) is 1.93. The van der Waals surface area contributed by atoms with Gasteiger partial charge in [0.2, 0.25) is 5.91 Å². The lowest BCUT2D eigenvalue weighted by Crippen LogP contribution is -2.21. The molecule has 0 bridgehead atoms. The van der Waals surface area contributed by atoms with Gasteiger partial charge in [-0.15, -0.1) is 0 Å². The maximum atomic E-state index is 11.2. The highest BCUT2D eigenvalue weighted by molar-refractivity contribution is 7.80. The maximum absolute atomic E-state index is 11.2. The van der Waals surface area contributed by atoms with Crippen molar-refractivity contribution in [2.24, 2.45) is 0 Å². The molecule has 0 spiro atoms. The highest BCUT2D eigenvalue weighted by Crippen LogP contribution is 2.23. The molecule has 1 aliphatic heterocycles. The van der Waals surface area contributed by atoms with Crippen molar-refractivity contribution in [1.82, 2.24) is 4.90 Å². The number of rotatable bonds is 4. The topological polar surface area (TPSA) is 32.3 Å². The summed E-state index contributed by atoms with van der Waals surface area (Å²) in [5.74, 6) is 0.995. The molecule has 4 heteroatoms. The second-order valence-corrected chi connectivity index (χ2v) is 4.95. The van der Waals surface area contributed by atoms with E-state index in [4.69, 9.17) is 0 Å². The van der Waals surface area contributed by atoms with Crippen molar-refractivity contribution in [3.05, 3.63) is 29.3 Å². The third-order valence-electron chi connectivity index (χ3n) is 3.00. The fraction of sp³-hybridized carbons (Fsp3) is 0.462. The highest BCUT2D eigenvalue weighted by atomic mass is 32.1. The third kappa shape index (κ3) is 3.23. The SMILES string of the molecule is CN(CCS)Cc1ccc2c(c1)CCC(=O)N2. The summed E-state index contributed by atoms with van der Waals surface area (Å²) in [5, 5.41) is 2.90. The normalized spacial score (nSPS) is 14.6. The van der Waals surface area contributed by atoms with E-state index in [0.717, 1.165) is 31.0 Å². The number of carbonyl (C=O) groups excluding carboxylic acids is 1. The Morgan fingerprint density at radius 1 is 1.41 bits per heavy atom. The standard InChI is InChI=1S/C13H18N2OS/c1-15(6-7-17)9-10-2-4-12-11(8-10)3-5-13(16)14-12/h2,4,8,17H,3,5-7,9H2,1H3,(H,14,16). The van der Waals surface area contributed by atoms with Gasteiger partial charge in [0.05, 0.1) is 0 Å². The summed E-state index contributed by atoms with van der Waals surface area (Å²) in [6.07, 6.45) is 1.45. The van der Waals surface area contributed by atoms with Crippen LogP contribution in [0.1, 0.15) is 17.5 Å². The number of thiol groups is 1. The van der Waals surface area contributed by atoms with Crippen molar-refractivity contribution < 1.29 is 4.79 Å². The van der Waals surface area contributed by atoms with Crippen LogP contribution in [0.15, 0.2) is 18.2 Å². The fourth-order valence-electron chi connectivity index (χ4n) is 2.10. The van der Waals surface area contributed by atoms with Gasteiger partial charge < -0.3 is 10.2 Å². The van der Waals surface area contributed by atoms with Gasteiger partial charge in [0.25, 0.3) is 0 Å². The molecule has 0 aliphatic carbocycles. The van der Waals surface area contributed by atoms with E-state index in [1.165, 1.54) is 11.1 Å². The Hall–Kier alpha value is -1.00. The Morgan fingerprint density at radius 3 is 3.00 bits per heavy atom. The largest absolute Gasteiger partial charge is 0.326 e. The van der Waals surface area contributed by atoms with E-state index in [9.17, 15) is 4.79 Å². The van der Waals surface area contributed by atoms with Crippen LogP contribution in [0.5, 0.6) is 0 Å². The van der Waals surface area contributed by atoms with Crippen LogP contribution < -0.4 is 5.32 Å². The number of nitrogens with one attached hydrogen (secondary N) is 1. The number of carbonyl (C=O) groups is 1. The minimum Gasteiger partial charge on any atom is -0.326 e. The summed E-state index contributed by atoms with van der Waals surface area (Å²) in [7, 11) is 2.09. The molecule has 1 aliphatic rings. The molecule has 1 aromatic carbocycles. The van der Waals surface area contributed by atoms with Crippen LogP contribution in [0.3, 0.4) is 0 Å². The van der Waals surface area contributed by atoms with E-state index in [1.54, 1.807) is 0 Å². The lowest BCUT2D eigenvalue weighted by molar-refractivity contribution is -0.116. The molecule has 0 atom stereocenters. The van der Waals surface area contributed by atoms with Gasteiger partial charge in [-0.25, -0.2) is 0 Å². The lowest BCUT2D eigenvalue weighted by atomic mass is 10.0. The van der Waals surface area contributed by atoms with Gasteiger partial charge in [-0.2, -0.15) is 12.6 Å². The molecule has 0 saturated carbocycles. The molecule has 0 radical (unpaired) electrons. The third-order valence-corrected chi connectivity index (χ3v) is 3.20. The first-order valence-corrected chi connectivity index (χ1v) is 6.53. The first kappa shape index (κ1) is 12.5. The molecular formula is C13H18N2OS. The van der Waals surface area contributed by atoms with Gasteiger partial charge in [0.15, 0.2) is 0 Å². The van der Waals surface area contributed by atoms with Crippen molar-refractivity contribution in [3.8, 4) is 0 Å². The van der Waals surface area contributed by atoms with Gasteiger partial charge in [0, 0.05) is 31.0 Å². The Balaban J connectivity index is 2.08. The van der Waals surface area contributed by atoms with Crippen molar-refractivity contribution >= 4 is 24.2 Å². The van der Waals surface area contributed by atoms with E-state index < -0.39 is 0 Å². The summed E-state index contributed by atoms with van der Waals surface area (Å²) in [4.78, 5) is 13.5. The summed E-state index contributed by atoms with van der Waals surface area (Å²) < 4.78 is 0. The van der Waals surface area contributed by atoms with Crippen LogP contribution in [-0.4, -0.2) is 30.2 Å². The molecule has 0 saturated heterocycles. The van der Waals surface area contributed by atoms with E-state index >= 15 is 0 Å². The average molecular weight is 250 g/mol. The quantitative estimate of drug-likeness (QED) is 0.800. The number of hydrogen-bond donors (Lipinski definition) is 2. The Bertz CT molecular complexity index is 420. The zero-order chi connectivity index (χ0) is 12.3.